The van der Waals surface area contributed by atoms with Crippen LogP contribution in [-0.2, 0) is 12.3 Å². The molecule has 0 aliphatic heterocycles. The van der Waals surface area contributed by atoms with Crippen LogP contribution in [-0.4, -0.2) is 11.1 Å². The second-order valence-corrected chi connectivity index (χ2v) is 4.58. The summed E-state index contributed by atoms with van der Waals surface area (Å²) in [6.45, 7) is 2.10. The van der Waals surface area contributed by atoms with Gasteiger partial charge in [0.1, 0.15) is 6.10 Å². The van der Waals surface area contributed by atoms with Crippen molar-refractivity contribution in [2.45, 2.75) is 51.0 Å². The number of nitrogens with zero attached hydrogens (tertiary/aromatic N) is 1. The first-order valence-corrected chi connectivity index (χ1v) is 6.57. The smallest absolute Gasteiger partial charge is 0.214 e. The van der Waals surface area contributed by atoms with Gasteiger partial charge in [-0.15, -0.1) is 11.6 Å². The van der Waals surface area contributed by atoms with E-state index in [-0.39, 0.29) is 0 Å². The van der Waals surface area contributed by atoms with E-state index in [1.165, 1.54) is 12.8 Å². The molecule has 0 aromatic carbocycles. The molecule has 2 nitrogen and oxygen atoms in total. The number of pyridine rings is 1. The maximum atomic E-state index is 5.89. The molecular weight excluding hydrogens is 222 g/mol. The lowest BCUT2D eigenvalue weighted by Gasteiger charge is -2.13. The van der Waals surface area contributed by atoms with E-state index in [0.29, 0.717) is 12.0 Å². The molecule has 1 aromatic rings. The van der Waals surface area contributed by atoms with E-state index in [4.69, 9.17) is 16.3 Å². The van der Waals surface area contributed by atoms with Crippen LogP contribution in [0.1, 0.15) is 43.9 Å². The van der Waals surface area contributed by atoms with Crippen molar-refractivity contribution < 1.29 is 4.74 Å². The standard InChI is InChI=1S/C13H18ClNO/c1-2-11-7-10(9-14)8-13(15-11)16-12-5-3-4-6-12/h7-8,12H,2-6,9H2,1H3. The third-order valence-corrected chi connectivity index (χ3v) is 3.33. The largest absolute Gasteiger partial charge is 0.474 e. The van der Waals surface area contributed by atoms with Crippen LogP contribution in [0.15, 0.2) is 12.1 Å². The normalized spacial score (nSPS) is 16.6. The first kappa shape index (κ1) is 11.7. The van der Waals surface area contributed by atoms with Crippen molar-refractivity contribution in [2.75, 3.05) is 0 Å². The monoisotopic (exact) mass is 239 g/mol. The molecule has 0 atom stereocenters. The maximum Gasteiger partial charge on any atom is 0.214 e. The summed E-state index contributed by atoms with van der Waals surface area (Å²) < 4.78 is 5.89. The number of aryl methyl sites for hydroxylation is 1. The van der Waals surface area contributed by atoms with E-state index in [0.717, 1.165) is 36.4 Å². The number of halogens is 1. The molecule has 0 radical (unpaired) electrons. The van der Waals surface area contributed by atoms with Crippen LogP contribution in [0, 0.1) is 0 Å². The van der Waals surface area contributed by atoms with Gasteiger partial charge in [-0.25, -0.2) is 4.98 Å². The summed E-state index contributed by atoms with van der Waals surface area (Å²) in [6, 6.07) is 4.01. The first-order valence-electron chi connectivity index (χ1n) is 6.04. The molecule has 0 bridgehead atoms. The fourth-order valence-electron chi connectivity index (χ4n) is 2.12. The number of aromatic nitrogens is 1. The summed E-state index contributed by atoms with van der Waals surface area (Å²) in [6.07, 6.45) is 6.16. The van der Waals surface area contributed by atoms with Crippen LogP contribution in [0.3, 0.4) is 0 Å². The van der Waals surface area contributed by atoms with Crippen LogP contribution in [0.2, 0.25) is 0 Å². The molecule has 0 saturated heterocycles. The third kappa shape index (κ3) is 2.88. The zero-order chi connectivity index (χ0) is 11.4. The van der Waals surface area contributed by atoms with Crippen molar-refractivity contribution in [3.63, 3.8) is 0 Å². The van der Waals surface area contributed by atoms with Gasteiger partial charge in [0.2, 0.25) is 5.88 Å². The average molecular weight is 240 g/mol. The van der Waals surface area contributed by atoms with Crippen molar-refractivity contribution in [3.05, 3.63) is 23.4 Å². The molecule has 3 heteroatoms. The van der Waals surface area contributed by atoms with E-state index in [1.54, 1.807) is 0 Å². The van der Waals surface area contributed by atoms with Gasteiger partial charge >= 0.3 is 0 Å². The molecule has 1 saturated carbocycles. The molecule has 0 amide bonds. The molecule has 1 aliphatic carbocycles. The van der Waals surface area contributed by atoms with E-state index < -0.39 is 0 Å². The minimum atomic E-state index is 0.364. The van der Waals surface area contributed by atoms with Gasteiger partial charge in [0.05, 0.1) is 0 Å². The van der Waals surface area contributed by atoms with Crippen molar-refractivity contribution in [1.82, 2.24) is 4.98 Å². The molecule has 0 spiro atoms. The molecule has 0 unspecified atom stereocenters. The van der Waals surface area contributed by atoms with Gasteiger partial charge in [-0.3, -0.25) is 0 Å². The zero-order valence-electron chi connectivity index (χ0n) is 9.71. The van der Waals surface area contributed by atoms with E-state index in [2.05, 4.69) is 18.0 Å². The Bertz CT molecular complexity index is 326. The number of hydrogen-bond acceptors (Lipinski definition) is 2. The van der Waals surface area contributed by atoms with Crippen molar-refractivity contribution >= 4 is 11.6 Å². The second-order valence-electron chi connectivity index (χ2n) is 4.32. The topological polar surface area (TPSA) is 22.1 Å². The van der Waals surface area contributed by atoms with Gasteiger partial charge in [0.15, 0.2) is 0 Å². The Labute approximate surface area is 102 Å². The highest BCUT2D eigenvalue weighted by atomic mass is 35.5. The Hall–Kier alpha value is -0.760. The van der Waals surface area contributed by atoms with Gasteiger partial charge in [-0.1, -0.05) is 6.92 Å². The lowest BCUT2D eigenvalue weighted by atomic mass is 10.2. The zero-order valence-corrected chi connectivity index (χ0v) is 10.5. The highest BCUT2D eigenvalue weighted by molar-refractivity contribution is 6.17. The van der Waals surface area contributed by atoms with Crippen LogP contribution < -0.4 is 4.74 Å². The fourth-order valence-corrected chi connectivity index (χ4v) is 2.27. The summed E-state index contributed by atoms with van der Waals surface area (Å²) in [5.41, 5.74) is 2.16. The lowest BCUT2D eigenvalue weighted by Crippen LogP contribution is -2.12. The van der Waals surface area contributed by atoms with Crippen molar-refractivity contribution in [2.24, 2.45) is 0 Å². The lowest BCUT2D eigenvalue weighted by molar-refractivity contribution is 0.201. The third-order valence-electron chi connectivity index (χ3n) is 3.02. The predicted molar refractivity (Wildman–Crippen MR) is 66.1 cm³/mol. The molecule has 16 heavy (non-hydrogen) atoms. The molecule has 1 heterocycles. The van der Waals surface area contributed by atoms with Crippen LogP contribution in [0.4, 0.5) is 0 Å². The Morgan fingerprint density at radius 2 is 2.12 bits per heavy atom. The van der Waals surface area contributed by atoms with Gasteiger partial charge in [-0.2, -0.15) is 0 Å². The molecular formula is C13H18ClNO. The number of rotatable bonds is 4. The summed E-state index contributed by atoms with van der Waals surface area (Å²) in [5, 5.41) is 0. The highest BCUT2D eigenvalue weighted by Gasteiger charge is 2.17. The minimum Gasteiger partial charge on any atom is -0.474 e. The highest BCUT2D eigenvalue weighted by Crippen LogP contribution is 2.24. The number of alkyl halides is 1. The predicted octanol–water partition coefficient (Wildman–Crippen LogP) is 3.70. The van der Waals surface area contributed by atoms with Crippen LogP contribution in [0.25, 0.3) is 0 Å². The van der Waals surface area contributed by atoms with Crippen LogP contribution in [0.5, 0.6) is 5.88 Å². The Balaban J connectivity index is 2.12. The quantitative estimate of drug-likeness (QED) is 0.748. The molecule has 1 fully saturated rings. The van der Waals surface area contributed by atoms with E-state index in [9.17, 15) is 0 Å². The number of hydrogen-bond donors (Lipinski definition) is 0. The van der Waals surface area contributed by atoms with Gasteiger partial charge < -0.3 is 4.74 Å². The Kier molecular flexibility index (Phi) is 4.05. The second kappa shape index (κ2) is 5.53. The number of ether oxygens (including phenoxy) is 1. The minimum absolute atomic E-state index is 0.364. The summed E-state index contributed by atoms with van der Waals surface area (Å²) in [4.78, 5) is 4.48. The van der Waals surface area contributed by atoms with Gasteiger partial charge in [0, 0.05) is 17.6 Å². The maximum absolute atomic E-state index is 5.89. The average Bonchev–Trinajstić information content (AvgIpc) is 2.81. The first-order chi connectivity index (χ1) is 7.81. The SMILES string of the molecule is CCc1cc(CCl)cc(OC2CCCC2)n1. The Morgan fingerprint density at radius 3 is 2.75 bits per heavy atom. The van der Waals surface area contributed by atoms with Crippen molar-refractivity contribution in [3.8, 4) is 5.88 Å². The molecule has 1 aromatic heterocycles. The van der Waals surface area contributed by atoms with E-state index in [1.807, 2.05) is 6.07 Å². The van der Waals surface area contributed by atoms with Crippen molar-refractivity contribution in [1.29, 1.82) is 0 Å². The Morgan fingerprint density at radius 1 is 1.38 bits per heavy atom. The molecule has 88 valence electrons. The molecule has 2 rings (SSSR count). The van der Waals surface area contributed by atoms with Gasteiger partial charge in [-0.05, 0) is 43.7 Å². The van der Waals surface area contributed by atoms with Gasteiger partial charge in [0.25, 0.3) is 0 Å². The summed E-state index contributed by atoms with van der Waals surface area (Å²) in [5.74, 6) is 1.28. The fraction of sp³-hybridized carbons (Fsp3) is 0.615. The summed E-state index contributed by atoms with van der Waals surface area (Å²) in [7, 11) is 0. The molecule has 1 aliphatic rings. The summed E-state index contributed by atoms with van der Waals surface area (Å²) >= 11 is 5.86. The van der Waals surface area contributed by atoms with Crippen LogP contribution >= 0.6 is 11.6 Å². The molecule has 0 N–H and O–H groups in total. The van der Waals surface area contributed by atoms with E-state index >= 15 is 0 Å².